The van der Waals surface area contributed by atoms with Gasteiger partial charge in [0.1, 0.15) is 5.60 Å². The predicted molar refractivity (Wildman–Crippen MR) is 74.1 cm³/mol. The number of hydrogen-bond donors (Lipinski definition) is 1. The summed E-state index contributed by atoms with van der Waals surface area (Å²) in [7, 11) is 0. The fourth-order valence-electron chi connectivity index (χ4n) is 2.93. The van der Waals surface area contributed by atoms with Crippen molar-refractivity contribution in [3.05, 3.63) is 42.2 Å². The number of fused-ring (bicyclic) bond motifs is 1. The van der Waals surface area contributed by atoms with Crippen LogP contribution in [0.5, 0.6) is 0 Å². The maximum Gasteiger partial charge on any atom is 0.194 e. The van der Waals surface area contributed by atoms with Crippen LogP contribution >= 0.6 is 0 Å². The van der Waals surface area contributed by atoms with Crippen molar-refractivity contribution in [2.75, 3.05) is 0 Å². The molecule has 1 aliphatic carbocycles. The van der Waals surface area contributed by atoms with Gasteiger partial charge in [-0.05, 0) is 24.3 Å². The summed E-state index contributed by atoms with van der Waals surface area (Å²) in [6.07, 6.45) is 7.54. The lowest BCUT2D eigenvalue weighted by atomic mass is 9.79. The van der Waals surface area contributed by atoms with Crippen molar-refractivity contribution < 1.29 is 9.90 Å². The molecule has 1 fully saturated rings. The van der Waals surface area contributed by atoms with Crippen LogP contribution in [0.3, 0.4) is 0 Å². The van der Waals surface area contributed by atoms with E-state index in [1.54, 1.807) is 18.5 Å². The van der Waals surface area contributed by atoms with Crippen LogP contribution in [0, 0.1) is 0 Å². The Labute approximate surface area is 112 Å². The van der Waals surface area contributed by atoms with E-state index in [9.17, 15) is 9.90 Å². The average Bonchev–Trinajstić information content (AvgIpc) is 2.47. The highest BCUT2D eigenvalue weighted by atomic mass is 16.3. The maximum atomic E-state index is 12.7. The highest BCUT2D eigenvalue weighted by Crippen LogP contribution is 2.32. The van der Waals surface area contributed by atoms with Crippen LogP contribution in [0.2, 0.25) is 0 Å². The Morgan fingerprint density at radius 2 is 1.95 bits per heavy atom. The summed E-state index contributed by atoms with van der Waals surface area (Å²) in [5, 5.41) is 12.4. The van der Waals surface area contributed by atoms with Crippen molar-refractivity contribution in [2.24, 2.45) is 0 Å². The minimum Gasteiger partial charge on any atom is -0.382 e. The first kappa shape index (κ1) is 12.3. The molecule has 0 saturated heterocycles. The van der Waals surface area contributed by atoms with Gasteiger partial charge in [0.05, 0.1) is 0 Å². The Bertz CT molecular complexity index is 610. The molecule has 1 saturated carbocycles. The molecule has 19 heavy (non-hydrogen) atoms. The third-order valence-electron chi connectivity index (χ3n) is 4.03. The summed E-state index contributed by atoms with van der Waals surface area (Å²) in [5.74, 6) is -0.135. The number of Topliss-reactive ketones (excluding diaryl/α,β-unsaturated/α-hetero) is 1. The second kappa shape index (κ2) is 4.74. The molecule has 1 aromatic heterocycles. The Kier molecular flexibility index (Phi) is 3.07. The summed E-state index contributed by atoms with van der Waals surface area (Å²) in [6.45, 7) is 0. The molecule has 0 amide bonds. The largest absolute Gasteiger partial charge is 0.382 e. The zero-order valence-electron chi connectivity index (χ0n) is 10.8. The molecule has 0 atom stereocenters. The van der Waals surface area contributed by atoms with E-state index in [1.165, 1.54) is 0 Å². The first-order chi connectivity index (χ1) is 9.21. The summed E-state index contributed by atoms with van der Waals surface area (Å²) in [4.78, 5) is 16.7. The SMILES string of the molecule is O=C(c1cccc2cnccc12)C1(O)CCCCC1. The highest BCUT2D eigenvalue weighted by Gasteiger charge is 2.37. The number of benzene rings is 1. The van der Waals surface area contributed by atoms with Crippen LogP contribution in [0.1, 0.15) is 42.5 Å². The highest BCUT2D eigenvalue weighted by molar-refractivity contribution is 6.11. The Balaban J connectivity index is 2.06. The van der Waals surface area contributed by atoms with Gasteiger partial charge in [0.25, 0.3) is 0 Å². The molecule has 3 nitrogen and oxygen atoms in total. The molecule has 1 aromatic carbocycles. The van der Waals surface area contributed by atoms with Crippen LogP contribution < -0.4 is 0 Å². The van der Waals surface area contributed by atoms with E-state index in [4.69, 9.17) is 0 Å². The molecule has 0 radical (unpaired) electrons. The molecule has 1 aliphatic rings. The van der Waals surface area contributed by atoms with Crippen molar-refractivity contribution in [1.82, 2.24) is 4.98 Å². The van der Waals surface area contributed by atoms with E-state index < -0.39 is 5.60 Å². The number of rotatable bonds is 2. The lowest BCUT2D eigenvalue weighted by Crippen LogP contribution is -2.40. The fraction of sp³-hybridized carbons (Fsp3) is 0.375. The van der Waals surface area contributed by atoms with Gasteiger partial charge < -0.3 is 5.11 Å². The minimum atomic E-state index is -1.17. The fourth-order valence-corrected chi connectivity index (χ4v) is 2.93. The summed E-state index contributed by atoms with van der Waals surface area (Å²) in [5.41, 5.74) is -0.556. The van der Waals surface area contributed by atoms with Gasteiger partial charge in [-0.15, -0.1) is 0 Å². The smallest absolute Gasteiger partial charge is 0.194 e. The van der Waals surface area contributed by atoms with Gasteiger partial charge >= 0.3 is 0 Å². The van der Waals surface area contributed by atoms with Crippen molar-refractivity contribution in [2.45, 2.75) is 37.7 Å². The molecule has 98 valence electrons. The summed E-state index contributed by atoms with van der Waals surface area (Å²) < 4.78 is 0. The number of ketones is 1. The van der Waals surface area contributed by atoms with Gasteiger partial charge in [-0.1, -0.05) is 37.5 Å². The summed E-state index contributed by atoms with van der Waals surface area (Å²) in [6, 6.07) is 7.43. The number of pyridine rings is 1. The first-order valence-corrected chi connectivity index (χ1v) is 6.81. The van der Waals surface area contributed by atoms with Crippen LogP contribution in [0.15, 0.2) is 36.7 Å². The van der Waals surface area contributed by atoms with Crippen molar-refractivity contribution >= 4 is 16.6 Å². The van der Waals surface area contributed by atoms with E-state index in [-0.39, 0.29) is 5.78 Å². The van der Waals surface area contributed by atoms with E-state index in [2.05, 4.69) is 4.98 Å². The lowest BCUT2D eigenvalue weighted by Gasteiger charge is -2.30. The molecule has 3 heteroatoms. The zero-order chi connectivity index (χ0) is 13.3. The van der Waals surface area contributed by atoms with Crippen molar-refractivity contribution in [3.63, 3.8) is 0 Å². The third kappa shape index (κ3) is 2.15. The standard InChI is InChI=1S/C16H17NO2/c18-15(16(19)8-2-1-3-9-16)14-6-4-5-12-11-17-10-7-13(12)14/h4-7,10-11,19H,1-3,8-9H2. The second-order valence-corrected chi connectivity index (χ2v) is 5.32. The molecule has 3 rings (SSSR count). The number of nitrogens with zero attached hydrogens (tertiary/aromatic N) is 1. The molecule has 0 spiro atoms. The van der Waals surface area contributed by atoms with Crippen LogP contribution in [0.25, 0.3) is 10.8 Å². The van der Waals surface area contributed by atoms with Gasteiger partial charge in [-0.2, -0.15) is 0 Å². The maximum absolute atomic E-state index is 12.7. The molecule has 2 aromatic rings. The normalized spacial score (nSPS) is 18.4. The van der Waals surface area contributed by atoms with Gasteiger partial charge in [0.15, 0.2) is 5.78 Å². The lowest BCUT2D eigenvalue weighted by molar-refractivity contribution is 0.0118. The van der Waals surface area contributed by atoms with Gasteiger partial charge in [-0.3, -0.25) is 9.78 Å². The number of carbonyl (C=O) groups excluding carboxylic acids is 1. The van der Waals surface area contributed by atoms with Crippen LogP contribution in [-0.2, 0) is 0 Å². The first-order valence-electron chi connectivity index (χ1n) is 6.81. The van der Waals surface area contributed by atoms with Gasteiger partial charge in [-0.25, -0.2) is 0 Å². The van der Waals surface area contributed by atoms with E-state index in [0.717, 1.165) is 30.0 Å². The van der Waals surface area contributed by atoms with E-state index >= 15 is 0 Å². The molecule has 1 heterocycles. The second-order valence-electron chi connectivity index (χ2n) is 5.32. The number of hydrogen-bond acceptors (Lipinski definition) is 3. The molecule has 0 bridgehead atoms. The van der Waals surface area contributed by atoms with Crippen LogP contribution in [0.4, 0.5) is 0 Å². The Hall–Kier alpha value is -1.74. The average molecular weight is 255 g/mol. The molecule has 1 N–H and O–H groups in total. The molecular weight excluding hydrogens is 238 g/mol. The Morgan fingerprint density at radius 3 is 2.74 bits per heavy atom. The van der Waals surface area contributed by atoms with Crippen molar-refractivity contribution in [3.8, 4) is 0 Å². The molecule has 0 aliphatic heterocycles. The number of carbonyl (C=O) groups is 1. The zero-order valence-corrected chi connectivity index (χ0v) is 10.8. The van der Waals surface area contributed by atoms with Crippen molar-refractivity contribution in [1.29, 1.82) is 0 Å². The van der Waals surface area contributed by atoms with Gasteiger partial charge in [0, 0.05) is 23.3 Å². The molecule has 0 unspecified atom stereocenters. The Morgan fingerprint density at radius 1 is 1.16 bits per heavy atom. The number of aromatic nitrogens is 1. The minimum absolute atomic E-state index is 0.135. The number of aliphatic hydroxyl groups is 1. The topological polar surface area (TPSA) is 50.2 Å². The predicted octanol–water partition coefficient (Wildman–Crippen LogP) is 3.11. The third-order valence-corrected chi connectivity index (χ3v) is 4.03. The molecular formula is C16H17NO2. The quantitative estimate of drug-likeness (QED) is 0.839. The van der Waals surface area contributed by atoms with Gasteiger partial charge in [0.2, 0.25) is 0 Å². The summed E-state index contributed by atoms with van der Waals surface area (Å²) >= 11 is 0. The monoisotopic (exact) mass is 255 g/mol. The van der Waals surface area contributed by atoms with E-state index in [1.807, 2.05) is 18.2 Å². The van der Waals surface area contributed by atoms with E-state index in [0.29, 0.717) is 18.4 Å². The van der Waals surface area contributed by atoms with Crippen LogP contribution in [-0.4, -0.2) is 21.5 Å².